The highest BCUT2D eigenvalue weighted by Crippen LogP contribution is 2.25. The molecule has 1 saturated heterocycles. The van der Waals surface area contributed by atoms with Crippen LogP contribution >= 0.6 is 0 Å². The van der Waals surface area contributed by atoms with Crippen LogP contribution in [0, 0.1) is 0 Å². The Morgan fingerprint density at radius 1 is 0.871 bits per heavy atom. The summed E-state index contributed by atoms with van der Waals surface area (Å²) in [5, 5.41) is 6.16. The van der Waals surface area contributed by atoms with Gasteiger partial charge >= 0.3 is 6.03 Å². The molecule has 1 saturated carbocycles. The Kier molecular flexibility index (Phi) is 6.75. The number of nitrogens with one attached hydrogen (secondary N) is 2. The fraction of sp³-hybridized carbons (Fsp3) is 0.440. The van der Waals surface area contributed by atoms with Gasteiger partial charge in [0.25, 0.3) is 5.91 Å². The van der Waals surface area contributed by atoms with Crippen molar-refractivity contribution in [3.63, 3.8) is 0 Å². The Bertz CT molecular complexity index is 898. The van der Waals surface area contributed by atoms with Crippen LogP contribution in [0.2, 0.25) is 0 Å². The van der Waals surface area contributed by atoms with Crippen molar-refractivity contribution < 1.29 is 14.3 Å². The zero-order chi connectivity index (χ0) is 21.6. The first-order valence-corrected chi connectivity index (χ1v) is 11.2. The number of hydrogen-bond acceptors (Lipinski definition) is 3. The molecule has 0 radical (unpaired) electrons. The van der Waals surface area contributed by atoms with E-state index in [1.165, 1.54) is 12.8 Å². The van der Waals surface area contributed by atoms with Crippen molar-refractivity contribution in [2.75, 3.05) is 20.2 Å². The summed E-state index contributed by atoms with van der Waals surface area (Å²) in [6.07, 6.45) is 6.13. The second-order valence-electron chi connectivity index (χ2n) is 8.47. The van der Waals surface area contributed by atoms with E-state index in [9.17, 15) is 9.59 Å². The molecule has 6 heteroatoms. The Balaban J connectivity index is 1.28. The smallest absolute Gasteiger partial charge is 0.315 e. The molecule has 31 heavy (non-hydrogen) atoms. The number of piperidine rings is 1. The molecule has 4 rings (SSSR count). The van der Waals surface area contributed by atoms with E-state index >= 15 is 0 Å². The molecule has 2 fully saturated rings. The molecule has 0 unspecified atom stereocenters. The van der Waals surface area contributed by atoms with Crippen molar-refractivity contribution in [1.29, 1.82) is 0 Å². The summed E-state index contributed by atoms with van der Waals surface area (Å²) in [5.74, 6) is 0.858. The Labute approximate surface area is 184 Å². The van der Waals surface area contributed by atoms with E-state index in [1.54, 1.807) is 7.11 Å². The van der Waals surface area contributed by atoms with E-state index in [4.69, 9.17) is 4.74 Å². The molecule has 3 amide bonds. The average molecular weight is 422 g/mol. The maximum atomic E-state index is 12.9. The molecule has 2 aromatic carbocycles. The highest BCUT2D eigenvalue weighted by Gasteiger charge is 2.25. The SMILES string of the molecule is COc1cccc(-c2ccc(C(=O)N3CCC(NC(=O)NC4CCCC4)CC3)cc2)c1. The van der Waals surface area contributed by atoms with Crippen molar-refractivity contribution in [1.82, 2.24) is 15.5 Å². The zero-order valence-electron chi connectivity index (χ0n) is 18.1. The van der Waals surface area contributed by atoms with E-state index in [0.29, 0.717) is 24.7 Å². The lowest BCUT2D eigenvalue weighted by atomic mass is 10.0. The molecule has 2 aromatic rings. The molecule has 1 aliphatic carbocycles. The number of ether oxygens (including phenoxy) is 1. The average Bonchev–Trinajstić information content (AvgIpc) is 3.32. The van der Waals surface area contributed by atoms with E-state index in [2.05, 4.69) is 10.6 Å². The van der Waals surface area contributed by atoms with Crippen molar-refractivity contribution in [3.8, 4) is 16.9 Å². The summed E-state index contributed by atoms with van der Waals surface area (Å²) in [4.78, 5) is 27.0. The lowest BCUT2D eigenvalue weighted by Gasteiger charge is -2.32. The second-order valence-corrected chi connectivity index (χ2v) is 8.47. The molecular formula is C25H31N3O3. The van der Waals surface area contributed by atoms with Gasteiger partial charge < -0.3 is 20.3 Å². The van der Waals surface area contributed by atoms with Gasteiger partial charge in [0.05, 0.1) is 7.11 Å². The number of likely N-dealkylation sites (tertiary alicyclic amines) is 1. The lowest BCUT2D eigenvalue weighted by molar-refractivity contribution is 0.0708. The van der Waals surface area contributed by atoms with Gasteiger partial charge in [0.1, 0.15) is 5.75 Å². The number of carbonyl (C=O) groups excluding carboxylic acids is 2. The number of amides is 3. The summed E-state index contributed by atoms with van der Waals surface area (Å²) in [6.45, 7) is 1.32. The van der Waals surface area contributed by atoms with Crippen LogP contribution in [-0.4, -0.2) is 49.1 Å². The molecule has 2 N–H and O–H groups in total. The van der Waals surface area contributed by atoms with Crippen LogP contribution in [0.5, 0.6) is 5.75 Å². The Morgan fingerprint density at radius 2 is 1.52 bits per heavy atom. The number of nitrogens with zero attached hydrogens (tertiary/aromatic N) is 1. The predicted molar refractivity (Wildman–Crippen MR) is 121 cm³/mol. The third kappa shape index (κ3) is 5.37. The molecule has 2 aliphatic rings. The van der Waals surface area contributed by atoms with Crippen LogP contribution in [0.25, 0.3) is 11.1 Å². The lowest BCUT2D eigenvalue weighted by Crippen LogP contribution is -2.50. The standard InChI is InChI=1S/C25H31N3O3/c1-31-23-8-4-5-20(17-23)18-9-11-19(12-10-18)24(29)28-15-13-22(14-16-28)27-25(30)26-21-6-2-3-7-21/h4-5,8-12,17,21-22H,2-3,6-7,13-16H2,1H3,(H2,26,27,30). The molecule has 1 heterocycles. The summed E-state index contributed by atoms with van der Waals surface area (Å²) < 4.78 is 5.29. The summed E-state index contributed by atoms with van der Waals surface area (Å²) in [6, 6.07) is 16.0. The summed E-state index contributed by atoms with van der Waals surface area (Å²) in [7, 11) is 1.65. The second kappa shape index (κ2) is 9.86. The van der Waals surface area contributed by atoms with Gasteiger partial charge in [-0.3, -0.25) is 4.79 Å². The highest BCUT2D eigenvalue weighted by molar-refractivity contribution is 5.94. The Hall–Kier alpha value is -3.02. The largest absolute Gasteiger partial charge is 0.497 e. The molecule has 0 aromatic heterocycles. The highest BCUT2D eigenvalue weighted by atomic mass is 16.5. The van der Waals surface area contributed by atoms with Crippen molar-refractivity contribution in [3.05, 3.63) is 54.1 Å². The fourth-order valence-electron chi connectivity index (χ4n) is 4.50. The van der Waals surface area contributed by atoms with Crippen LogP contribution in [0.3, 0.4) is 0 Å². The van der Waals surface area contributed by atoms with Gasteiger partial charge in [-0.05, 0) is 61.1 Å². The number of methoxy groups -OCH3 is 1. The molecule has 6 nitrogen and oxygen atoms in total. The number of benzene rings is 2. The molecule has 1 aliphatic heterocycles. The van der Waals surface area contributed by atoms with Crippen LogP contribution < -0.4 is 15.4 Å². The number of urea groups is 1. The van der Waals surface area contributed by atoms with Gasteiger partial charge in [-0.15, -0.1) is 0 Å². The monoisotopic (exact) mass is 421 g/mol. The molecule has 0 spiro atoms. The fourth-order valence-corrected chi connectivity index (χ4v) is 4.50. The van der Waals surface area contributed by atoms with Gasteiger partial charge in [0.15, 0.2) is 0 Å². The summed E-state index contributed by atoms with van der Waals surface area (Å²) >= 11 is 0. The van der Waals surface area contributed by atoms with Crippen LogP contribution in [0.4, 0.5) is 4.79 Å². The van der Waals surface area contributed by atoms with Crippen LogP contribution in [0.15, 0.2) is 48.5 Å². The molecule has 0 bridgehead atoms. The van der Waals surface area contributed by atoms with Gasteiger partial charge in [-0.25, -0.2) is 4.79 Å². The van der Waals surface area contributed by atoms with Gasteiger partial charge in [0.2, 0.25) is 0 Å². The number of carbonyl (C=O) groups is 2. The van der Waals surface area contributed by atoms with Crippen LogP contribution in [-0.2, 0) is 0 Å². The molecule has 0 atom stereocenters. The third-order valence-corrected chi connectivity index (χ3v) is 6.34. The minimum atomic E-state index is -0.0650. The molecule has 164 valence electrons. The van der Waals surface area contributed by atoms with Gasteiger partial charge in [0, 0.05) is 30.7 Å². The number of hydrogen-bond donors (Lipinski definition) is 2. The first-order chi connectivity index (χ1) is 15.1. The minimum Gasteiger partial charge on any atom is -0.497 e. The Morgan fingerprint density at radius 3 is 2.16 bits per heavy atom. The van der Waals surface area contributed by atoms with E-state index in [1.807, 2.05) is 53.4 Å². The van der Waals surface area contributed by atoms with Gasteiger partial charge in [-0.2, -0.15) is 0 Å². The van der Waals surface area contributed by atoms with E-state index in [0.717, 1.165) is 42.6 Å². The van der Waals surface area contributed by atoms with Crippen molar-refractivity contribution in [2.45, 2.75) is 50.6 Å². The zero-order valence-corrected chi connectivity index (χ0v) is 18.1. The van der Waals surface area contributed by atoms with Crippen molar-refractivity contribution in [2.24, 2.45) is 0 Å². The first-order valence-electron chi connectivity index (χ1n) is 11.2. The molecular weight excluding hydrogens is 390 g/mol. The maximum Gasteiger partial charge on any atom is 0.315 e. The third-order valence-electron chi connectivity index (χ3n) is 6.34. The van der Waals surface area contributed by atoms with E-state index < -0.39 is 0 Å². The summed E-state index contributed by atoms with van der Waals surface area (Å²) in [5.41, 5.74) is 2.80. The number of rotatable bonds is 5. The maximum absolute atomic E-state index is 12.9. The first kappa shape index (κ1) is 21.2. The normalized spacial score (nSPS) is 17.4. The van der Waals surface area contributed by atoms with E-state index in [-0.39, 0.29) is 18.0 Å². The minimum absolute atomic E-state index is 0.0473. The van der Waals surface area contributed by atoms with Crippen molar-refractivity contribution >= 4 is 11.9 Å². The van der Waals surface area contributed by atoms with Gasteiger partial charge in [-0.1, -0.05) is 37.1 Å². The topological polar surface area (TPSA) is 70.7 Å². The quantitative estimate of drug-likeness (QED) is 0.760. The predicted octanol–water partition coefficient (Wildman–Crippen LogP) is 4.21. The van der Waals surface area contributed by atoms with Crippen LogP contribution in [0.1, 0.15) is 48.9 Å².